The summed E-state index contributed by atoms with van der Waals surface area (Å²) in [5.41, 5.74) is 7.63. The van der Waals surface area contributed by atoms with Crippen molar-refractivity contribution in [3.63, 3.8) is 0 Å². The molecule has 2 aromatic rings. The number of carbonyl (C=O) groups is 1. The predicted octanol–water partition coefficient (Wildman–Crippen LogP) is 2.18. The fraction of sp³-hybridized carbons (Fsp3) is 0.273. The fourth-order valence-electron chi connectivity index (χ4n) is 1.62. The van der Waals surface area contributed by atoms with Crippen molar-refractivity contribution in [1.29, 1.82) is 0 Å². The van der Waals surface area contributed by atoms with E-state index in [2.05, 4.69) is 15.3 Å². The molecule has 1 fully saturated rings. The van der Waals surface area contributed by atoms with Gasteiger partial charge in [-0.05, 0) is 18.9 Å². The van der Waals surface area contributed by atoms with Crippen LogP contribution in [0, 0.1) is 0 Å². The summed E-state index contributed by atoms with van der Waals surface area (Å²) in [6.45, 7) is 0. The Balaban J connectivity index is 1.71. The van der Waals surface area contributed by atoms with Crippen LogP contribution in [-0.4, -0.2) is 15.9 Å². The Hall–Kier alpha value is -1.82. The quantitative estimate of drug-likeness (QED) is 0.778. The first kappa shape index (κ1) is 10.3. The number of nitrogens with zero attached hydrogens (tertiary/aromatic N) is 1. The highest BCUT2D eigenvalue weighted by molar-refractivity contribution is 7.14. The third-order valence-electron chi connectivity index (χ3n) is 2.69. The molecule has 0 spiro atoms. The topological polar surface area (TPSA) is 83.8 Å². The number of aromatic amines is 1. The van der Waals surface area contributed by atoms with Crippen LogP contribution in [0.4, 0.5) is 10.8 Å². The molecule has 88 valence electrons. The molecule has 0 aromatic carbocycles. The maximum Gasteiger partial charge on any atom is 0.273 e. The highest BCUT2D eigenvalue weighted by Crippen LogP contribution is 2.40. The molecule has 0 aliphatic heterocycles. The lowest BCUT2D eigenvalue weighted by molar-refractivity contribution is 0.102. The Bertz CT molecular complexity index is 555. The number of hydrogen-bond donors (Lipinski definition) is 3. The number of nitrogens with two attached hydrogens (primary N) is 1. The standard InChI is InChI=1S/C11H12N4OS/c12-7-3-8(13-4-7)10(16)15-11-14-9(5-17-11)6-1-2-6/h3-6,13H,1-2,12H2,(H,14,15,16). The Morgan fingerprint density at radius 1 is 1.59 bits per heavy atom. The average molecular weight is 248 g/mol. The second kappa shape index (κ2) is 3.89. The van der Waals surface area contributed by atoms with Crippen LogP contribution >= 0.6 is 11.3 Å². The minimum Gasteiger partial charge on any atom is -0.397 e. The fourth-order valence-corrected chi connectivity index (χ4v) is 2.40. The van der Waals surface area contributed by atoms with Crippen molar-refractivity contribution < 1.29 is 4.79 Å². The third-order valence-corrected chi connectivity index (χ3v) is 3.46. The molecule has 2 heterocycles. The largest absolute Gasteiger partial charge is 0.397 e. The van der Waals surface area contributed by atoms with Crippen molar-refractivity contribution in [2.24, 2.45) is 0 Å². The number of rotatable bonds is 3. The monoisotopic (exact) mass is 248 g/mol. The molecule has 3 rings (SSSR count). The number of aromatic nitrogens is 2. The second-order valence-corrected chi connectivity index (χ2v) is 5.01. The van der Waals surface area contributed by atoms with E-state index < -0.39 is 0 Å². The van der Waals surface area contributed by atoms with Crippen molar-refractivity contribution in [2.45, 2.75) is 18.8 Å². The lowest BCUT2D eigenvalue weighted by Gasteiger charge is -1.98. The molecule has 0 bridgehead atoms. The lowest BCUT2D eigenvalue weighted by Crippen LogP contribution is -2.12. The van der Waals surface area contributed by atoms with Gasteiger partial charge in [-0.2, -0.15) is 0 Å². The Labute approximate surface area is 102 Å². The lowest BCUT2D eigenvalue weighted by atomic mass is 10.3. The summed E-state index contributed by atoms with van der Waals surface area (Å²) in [6, 6.07) is 1.60. The van der Waals surface area contributed by atoms with Crippen LogP contribution in [0.15, 0.2) is 17.6 Å². The summed E-state index contributed by atoms with van der Waals surface area (Å²) >= 11 is 1.46. The van der Waals surface area contributed by atoms with Gasteiger partial charge in [0.25, 0.3) is 5.91 Å². The van der Waals surface area contributed by atoms with Crippen molar-refractivity contribution in [3.8, 4) is 0 Å². The van der Waals surface area contributed by atoms with Gasteiger partial charge < -0.3 is 10.7 Å². The molecule has 0 atom stereocenters. The zero-order valence-electron chi connectivity index (χ0n) is 9.06. The van der Waals surface area contributed by atoms with Gasteiger partial charge in [0, 0.05) is 23.2 Å². The van der Waals surface area contributed by atoms with E-state index in [4.69, 9.17) is 5.73 Å². The molecular weight excluding hydrogens is 236 g/mol. The molecule has 0 unspecified atom stereocenters. The van der Waals surface area contributed by atoms with Crippen LogP contribution in [0.2, 0.25) is 0 Å². The van der Waals surface area contributed by atoms with E-state index in [9.17, 15) is 4.79 Å². The van der Waals surface area contributed by atoms with Gasteiger partial charge in [0.05, 0.1) is 5.69 Å². The average Bonchev–Trinajstić information content (AvgIpc) is 2.90. The first-order valence-electron chi connectivity index (χ1n) is 5.43. The van der Waals surface area contributed by atoms with Crippen molar-refractivity contribution in [1.82, 2.24) is 9.97 Å². The predicted molar refractivity (Wildman–Crippen MR) is 67.2 cm³/mol. The highest BCUT2D eigenvalue weighted by Gasteiger charge is 2.26. The summed E-state index contributed by atoms with van der Waals surface area (Å²) in [5, 5.41) is 5.41. The van der Waals surface area contributed by atoms with Crippen LogP contribution in [0.25, 0.3) is 0 Å². The maximum atomic E-state index is 11.8. The van der Waals surface area contributed by atoms with E-state index in [-0.39, 0.29) is 5.91 Å². The summed E-state index contributed by atoms with van der Waals surface area (Å²) in [4.78, 5) is 19.0. The van der Waals surface area contributed by atoms with E-state index in [1.165, 1.54) is 24.2 Å². The Kier molecular flexibility index (Phi) is 2.36. The first-order chi connectivity index (χ1) is 8.22. The van der Waals surface area contributed by atoms with E-state index in [0.717, 1.165) is 5.69 Å². The van der Waals surface area contributed by atoms with E-state index in [0.29, 0.717) is 22.4 Å². The number of amides is 1. The van der Waals surface area contributed by atoms with Crippen molar-refractivity contribution in [3.05, 3.63) is 29.0 Å². The Morgan fingerprint density at radius 2 is 2.41 bits per heavy atom. The van der Waals surface area contributed by atoms with E-state index in [1.54, 1.807) is 12.3 Å². The minimum absolute atomic E-state index is 0.210. The molecule has 17 heavy (non-hydrogen) atoms. The molecular formula is C11H12N4OS. The number of hydrogen-bond acceptors (Lipinski definition) is 4. The minimum atomic E-state index is -0.210. The van der Waals surface area contributed by atoms with Crippen LogP contribution < -0.4 is 11.1 Å². The molecule has 1 aliphatic carbocycles. The van der Waals surface area contributed by atoms with Gasteiger partial charge in [-0.25, -0.2) is 4.98 Å². The van der Waals surface area contributed by atoms with Gasteiger partial charge in [0.2, 0.25) is 0 Å². The number of thiazole rings is 1. The molecule has 6 heteroatoms. The van der Waals surface area contributed by atoms with Crippen LogP contribution in [0.1, 0.15) is 34.9 Å². The van der Waals surface area contributed by atoms with Gasteiger partial charge in [-0.1, -0.05) is 0 Å². The second-order valence-electron chi connectivity index (χ2n) is 4.15. The summed E-state index contributed by atoms with van der Waals surface area (Å²) in [5.74, 6) is 0.399. The SMILES string of the molecule is Nc1c[nH]c(C(=O)Nc2nc(C3CC3)cs2)c1. The smallest absolute Gasteiger partial charge is 0.273 e. The summed E-state index contributed by atoms with van der Waals surface area (Å²) in [6.07, 6.45) is 4.01. The van der Waals surface area contributed by atoms with Gasteiger partial charge >= 0.3 is 0 Å². The van der Waals surface area contributed by atoms with Gasteiger partial charge in [0.1, 0.15) is 5.69 Å². The van der Waals surface area contributed by atoms with E-state index >= 15 is 0 Å². The van der Waals surface area contributed by atoms with E-state index in [1.807, 2.05) is 5.38 Å². The molecule has 0 radical (unpaired) electrons. The molecule has 1 aliphatic rings. The van der Waals surface area contributed by atoms with Gasteiger partial charge in [-0.15, -0.1) is 11.3 Å². The molecule has 1 saturated carbocycles. The van der Waals surface area contributed by atoms with Crippen LogP contribution in [-0.2, 0) is 0 Å². The molecule has 0 saturated heterocycles. The third kappa shape index (κ3) is 2.16. The number of H-pyrrole nitrogens is 1. The molecule has 1 amide bonds. The normalized spacial score (nSPS) is 14.8. The molecule has 4 N–H and O–H groups in total. The maximum absolute atomic E-state index is 11.8. The zero-order valence-corrected chi connectivity index (χ0v) is 9.88. The van der Waals surface area contributed by atoms with Crippen molar-refractivity contribution >= 4 is 28.1 Å². The van der Waals surface area contributed by atoms with Crippen LogP contribution in [0.5, 0.6) is 0 Å². The molecule has 2 aromatic heterocycles. The number of nitrogen functional groups attached to an aromatic ring is 1. The number of carbonyl (C=O) groups excluding carboxylic acids is 1. The number of nitrogens with one attached hydrogen (secondary N) is 2. The summed E-state index contributed by atoms with van der Waals surface area (Å²) < 4.78 is 0. The first-order valence-corrected chi connectivity index (χ1v) is 6.31. The Morgan fingerprint density at radius 3 is 3.06 bits per heavy atom. The summed E-state index contributed by atoms with van der Waals surface area (Å²) in [7, 11) is 0. The van der Waals surface area contributed by atoms with Gasteiger partial charge in [-0.3, -0.25) is 10.1 Å². The van der Waals surface area contributed by atoms with Crippen molar-refractivity contribution in [2.75, 3.05) is 11.1 Å². The van der Waals surface area contributed by atoms with Gasteiger partial charge in [0.15, 0.2) is 5.13 Å². The number of anilines is 2. The van der Waals surface area contributed by atoms with Crippen LogP contribution in [0.3, 0.4) is 0 Å². The molecule has 5 nitrogen and oxygen atoms in total. The highest BCUT2D eigenvalue weighted by atomic mass is 32.1. The zero-order chi connectivity index (χ0) is 11.8.